The van der Waals surface area contributed by atoms with Gasteiger partial charge in [0.25, 0.3) is 0 Å². The van der Waals surface area contributed by atoms with Crippen LogP contribution in [0.3, 0.4) is 0 Å². The molecule has 3 fully saturated rings. The third-order valence-electron chi connectivity index (χ3n) is 11.7. The molecule has 3 aliphatic rings. The predicted octanol–water partition coefficient (Wildman–Crippen LogP) is 6.62. The van der Waals surface area contributed by atoms with Crippen molar-refractivity contribution in [1.29, 1.82) is 0 Å². The van der Waals surface area contributed by atoms with E-state index in [1.54, 1.807) is 39.2 Å². The second-order valence-corrected chi connectivity index (χ2v) is 19.0. The zero-order valence-corrected chi connectivity index (χ0v) is 32.5. The first-order valence-electron chi connectivity index (χ1n) is 18.9. The van der Waals surface area contributed by atoms with Gasteiger partial charge in [0.05, 0.1) is 41.8 Å². The van der Waals surface area contributed by atoms with Crippen LogP contribution in [0.2, 0.25) is 0 Å². The van der Waals surface area contributed by atoms with Crippen LogP contribution in [0.5, 0.6) is 5.75 Å². The summed E-state index contributed by atoms with van der Waals surface area (Å²) >= 11 is 0. The zero-order chi connectivity index (χ0) is 38.0. The van der Waals surface area contributed by atoms with Gasteiger partial charge in [0, 0.05) is 68.2 Å². The van der Waals surface area contributed by atoms with E-state index in [2.05, 4.69) is 57.6 Å². The molecule has 3 N–H and O–H groups in total. The third kappa shape index (κ3) is 6.99. The van der Waals surface area contributed by atoms with Crippen molar-refractivity contribution in [3.63, 3.8) is 0 Å². The molecule has 16 heteroatoms. The zero-order valence-electron chi connectivity index (χ0n) is 31.6. The van der Waals surface area contributed by atoms with Crippen molar-refractivity contribution in [1.82, 2.24) is 44.6 Å². The topological polar surface area (TPSA) is 155 Å². The SMILES string of the molecule is COc1cc(N2CCC3(CCN(CC4(F)CC4)CC3)CC2)c(-c2cnn(C)c2)cc1Nc1nc(Nc2ccc3nccnc3c2P(C)(C)=O)c2[nH]cnc2n1. The summed E-state index contributed by atoms with van der Waals surface area (Å²) in [6.07, 6.45) is 14.6. The number of halogens is 1. The molecular weight excluding hydrogens is 718 g/mol. The summed E-state index contributed by atoms with van der Waals surface area (Å²) in [4.78, 5) is 31.0. The van der Waals surface area contributed by atoms with E-state index in [1.807, 2.05) is 36.3 Å². The molecule has 1 aliphatic carbocycles. The fourth-order valence-electron chi connectivity index (χ4n) is 8.39. The second-order valence-electron chi connectivity index (χ2n) is 15.9. The van der Waals surface area contributed by atoms with Crippen LogP contribution in [0.4, 0.5) is 33.2 Å². The van der Waals surface area contributed by atoms with Gasteiger partial charge >= 0.3 is 0 Å². The first kappa shape index (κ1) is 35.6. The Hall–Kier alpha value is -5.14. The Kier molecular flexibility index (Phi) is 8.76. The molecule has 286 valence electrons. The smallest absolute Gasteiger partial charge is 0.231 e. The molecule has 2 aliphatic heterocycles. The molecule has 55 heavy (non-hydrogen) atoms. The van der Waals surface area contributed by atoms with E-state index in [4.69, 9.17) is 14.7 Å². The number of aromatic nitrogens is 8. The van der Waals surface area contributed by atoms with E-state index >= 15 is 0 Å². The highest BCUT2D eigenvalue weighted by molar-refractivity contribution is 7.71. The highest BCUT2D eigenvalue weighted by Gasteiger charge is 2.46. The number of aryl methyl sites for hydroxylation is 1. The normalized spacial score (nSPS) is 18.2. The lowest BCUT2D eigenvalue weighted by molar-refractivity contribution is 0.0607. The maximum absolute atomic E-state index is 14.5. The standard InChI is InChI=1S/C39H46FN12O2P/c1-50-22-25(21-45-50)26-19-29(31(54-2)20-30(26)52-17-11-38(12-18-52)9-15-51(16-10-38)23-39(40)7-8-39)47-37-48-35-33(43-24-44-35)36(49-37)46-28-6-5-27-32(42-14-13-41-27)34(28)55(3,4)53/h5-6,13-14,19-22,24H,7-12,15-18,23H2,1-4H3,(H3,43,44,46,47,48,49). The molecule has 2 saturated heterocycles. The molecule has 6 heterocycles. The van der Waals surface area contributed by atoms with E-state index in [0.29, 0.717) is 68.4 Å². The summed E-state index contributed by atoms with van der Waals surface area (Å²) in [6.45, 7) is 7.87. The fraction of sp³-hybridized carbons (Fsp3) is 0.436. The number of methoxy groups -OCH3 is 1. The van der Waals surface area contributed by atoms with Gasteiger partial charge in [-0.05, 0) is 88.6 Å². The van der Waals surface area contributed by atoms with Crippen molar-refractivity contribution in [3.05, 3.63) is 55.4 Å². The maximum atomic E-state index is 14.5. The van der Waals surface area contributed by atoms with Gasteiger partial charge in [0.15, 0.2) is 11.5 Å². The lowest BCUT2D eigenvalue weighted by Crippen LogP contribution is -2.48. The van der Waals surface area contributed by atoms with Crippen molar-refractivity contribution in [3.8, 4) is 16.9 Å². The molecule has 0 amide bonds. The number of imidazole rings is 1. The van der Waals surface area contributed by atoms with E-state index in [9.17, 15) is 8.96 Å². The Morgan fingerprint density at radius 2 is 1.71 bits per heavy atom. The highest BCUT2D eigenvalue weighted by Crippen LogP contribution is 2.48. The number of nitrogens with one attached hydrogen (secondary N) is 3. The summed E-state index contributed by atoms with van der Waals surface area (Å²) in [5, 5.41) is 11.9. The number of hydrogen-bond acceptors (Lipinski definition) is 12. The van der Waals surface area contributed by atoms with Crippen LogP contribution in [0.15, 0.2) is 55.4 Å². The van der Waals surface area contributed by atoms with Gasteiger partial charge in [-0.3, -0.25) is 14.6 Å². The number of H-pyrrole nitrogens is 1. The monoisotopic (exact) mass is 764 g/mol. The van der Waals surface area contributed by atoms with Crippen LogP contribution in [-0.4, -0.2) is 103 Å². The number of fused-ring (bicyclic) bond motifs is 2. The van der Waals surface area contributed by atoms with E-state index in [-0.39, 0.29) is 0 Å². The highest BCUT2D eigenvalue weighted by atomic mass is 31.2. The Balaban J connectivity index is 1.02. The average Bonchev–Trinajstić information content (AvgIpc) is 3.48. The summed E-state index contributed by atoms with van der Waals surface area (Å²) < 4.78 is 36.0. The minimum absolute atomic E-state index is 0.301. The summed E-state index contributed by atoms with van der Waals surface area (Å²) in [6, 6.07) is 7.88. The third-order valence-corrected chi connectivity index (χ3v) is 13.2. The molecule has 1 spiro atoms. The number of ether oxygens (including phenoxy) is 1. The van der Waals surface area contributed by atoms with Crippen LogP contribution < -0.4 is 25.6 Å². The van der Waals surface area contributed by atoms with Crippen LogP contribution >= 0.6 is 7.14 Å². The molecule has 0 atom stereocenters. The van der Waals surface area contributed by atoms with E-state index in [1.165, 1.54) is 0 Å². The number of rotatable bonds is 10. The number of hydrogen-bond donors (Lipinski definition) is 3. The largest absolute Gasteiger partial charge is 0.494 e. The van der Waals surface area contributed by atoms with Crippen LogP contribution in [0.25, 0.3) is 33.3 Å². The molecule has 14 nitrogen and oxygen atoms in total. The molecule has 2 aromatic carbocycles. The number of nitrogens with zero attached hydrogens (tertiary/aromatic N) is 9. The van der Waals surface area contributed by atoms with E-state index in [0.717, 1.165) is 81.5 Å². The molecule has 1 saturated carbocycles. The van der Waals surface area contributed by atoms with Crippen molar-refractivity contribution >= 4 is 63.5 Å². The molecule has 0 radical (unpaired) electrons. The average molecular weight is 765 g/mol. The molecule has 9 rings (SSSR count). The number of benzene rings is 2. The van der Waals surface area contributed by atoms with Crippen molar-refractivity contribution in [2.45, 2.75) is 44.2 Å². The summed E-state index contributed by atoms with van der Waals surface area (Å²) in [5.74, 6) is 1.40. The predicted molar refractivity (Wildman–Crippen MR) is 215 cm³/mol. The summed E-state index contributed by atoms with van der Waals surface area (Å²) in [5.41, 5.74) is 6.04. The van der Waals surface area contributed by atoms with Crippen LogP contribution in [0.1, 0.15) is 38.5 Å². The van der Waals surface area contributed by atoms with Gasteiger partial charge in [-0.25, -0.2) is 9.37 Å². The van der Waals surface area contributed by atoms with Crippen molar-refractivity contribution in [2.75, 3.05) is 68.7 Å². The van der Waals surface area contributed by atoms with E-state index < -0.39 is 12.8 Å². The second kappa shape index (κ2) is 13.6. The maximum Gasteiger partial charge on any atom is 0.231 e. The minimum Gasteiger partial charge on any atom is -0.494 e. The Labute approximate surface area is 318 Å². The van der Waals surface area contributed by atoms with Crippen LogP contribution in [0, 0.1) is 5.41 Å². The molecule has 0 bridgehead atoms. The fourth-order valence-corrected chi connectivity index (χ4v) is 9.78. The Morgan fingerprint density at radius 3 is 2.42 bits per heavy atom. The van der Waals surface area contributed by atoms with Gasteiger partial charge in [0.2, 0.25) is 5.95 Å². The first-order chi connectivity index (χ1) is 26.5. The quantitative estimate of drug-likeness (QED) is 0.128. The van der Waals surface area contributed by atoms with Crippen molar-refractivity contribution < 1.29 is 13.7 Å². The lowest BCUT2D eigenvalue weighted by atomic mass is 9.71. The van der Waals surface area contributed by atoms with Gasteiger partial charge in [0.1, 0.15) is 29.6 Å². The number of alkyl halides is 1. The number of piperidine rings is 2. The van der Waals surface area contributed by atoms with Gasteiger partial charge in [-0.15, -0.1) is 0 Å². The number of likely N-dealkylation sites (tertiary alicyclic amines) is 1. The molecule has 0 unspecified atom stereocenters. The minimum atomic E-state index is -2.82. The number of anilines is 5. The van der Waals surface area contributed by atoms with Gasteiger partial charge in [-0.2, -0.15) is 15.1 Å². The van der Waals surface area contributed by atoms with Crippen molar-refractivity contribution in [2.24, 2.45) is 12.5 Å². The van der Waals surface area contributed by atoms with Crippen LogP contribution in [-0.2, 0) is 11.6 Å². The molecule has 6 aromatic rings. The number of aromatic amines is 1. The Morgan fingerprint density at radius 1 is 0.945 bits per heavy atom. The van der Waals surface area contributed by atoms with Gasteiger partial charge < -0.3 is 34.7 Å². The molecular formula is C39H46FN12O2P. The first-order valence-corrected chi connectivity index (χ1v) is 21.5. The lowest BCUT2D eigenvalue weighted by Gasteiger charge is -2.48. The van der Waals surface area contributed by atoms with Gasteiger partial charge in [-0.1, -0.05) is 0 Å². The Bertz CT molecular complexity index is 2440. The molecule has 4 aromatic heterocycles. The summed E-state index contributed by atoms with van der Waals surface area (Å²) in [7, 11) is 0.764.